The predicted octanol–water partition coefficient (Wildman–Crippen LogP) is 2.12. The van der Waals surface area contributed by atoms with Crippen molar-refractivity contribution in [3.05, 3.63) is 0 Å². The highest BCUT2D eigenvalue weighted by Gasteiger charge is 2.30. The number of carboxylic acid groups (broad SMARTS) is 1. The summed E-state index contributed by atoms with van der Waals surface area (Å²) in [6, 6.07) is -1.07. The highest BCUT2D eigenvalue weighted by Crippen LogP contribution is 2.26. The summed E-state index contributed by atoms with van der Waals surface area (Å²) in [5.41, 5.74) is 0. The van der Waals surface area contributed by atoms with Gasteiger partial charge in [0.1, 0.15) is 6.04 Å². The summed E-state index contributed by atoms with van der Waals surface area (Å²) in [6.07, 6.45) is 5.89. The highest BCUT2D eigenvalue weighted by molar-refractivity contribution is 5.82. The predicted molar refractivity (Wildman–Crippen MR) is 69.4 cm³/mol. The number of hydrogen-bond donors (Lipinski definition) is 3. The van der Waals surface area contributed by atoms with Gasteiger partial charge >= 0.3 is 12.0 Å². The van der Waals surface area contributed by atoms with Crippen molar-refractivity contribution >= 4 is 12.0 Å². The average molecular weight is 256 g/mol. The summed E-state index contributed by atoms with van der Waals surface area (Å²) in [5.74, 6) is -0.861. The normalized spacial score (nSPS) is 19.9. The standard InChI is InChI=1S/C13H24N2O3/c1-3-9(2)14-13(18)15-11(12(16)17)10-7-5-4-6-8-10/h9-11H,3-8H2,1-2H3,(H,16,17)(H2,14,15,18). The number of urea groups is 1. The van der Waals surface area contributed by atoms with Gasteiger partial charge in [0.25, 0.3) is 0 Å². The number of nitrogens with one attached hydrogen (secondary N) is 2. The minimum Gasteiger partial charge on any atom is -0.480 e. The van der Waals surface area contributed by atoms with Crippen LogP contribution < -0.4 is 10.6 Å². The van der Waals surface area contributed by atoms with E-state index >= 15 is 0 Å². The molecule has 0 radical (unpaired) electrons. The Kier molecular flexibility index (Phi) is 5.95. The first-order chi connectivity index (χ1) is 8.54. The van der Waals surface area contributed by atoms with Crippen molar-refractivity contribution in [3.8, 4) is 0 Å². The van der Waals surface area contributed by atoms with E-state index < -0.39 is 12.0 Å². The number of carbonyl (C=O) groups excluding carboxylic acids is 1. The Morgan fingerprint density at radius 1 is 1.22 bits per heavy atom. The molecule has 2 atom stereocenters. The molecule has 5 nitrogen and oxygen atoms in total. The zero-order valence-electron chi connectivity index (χ0n) is 11.2. The van der Waals surface area contributed by atoms with Crippen LogP contribution in [0.25, 0.3) is 0 Å². The topological polar surface area (TPSA) is 78.4 Å². The van der Waals surface area contributed by atoms with E-state index in [0.29, 0.717) is 0 Å². The van der Waals surface area contributed by atoms with Gasteiger partial charge in [-0.15, -0.1) is 0 Å². The monoisotopic (exact) mass is 256 g/mol. The quantitative estimate of drug-likeness (QED) is 0.705. The van der Waals surface area contributed by atoms with E-state index in [-0.39, 0.29) is 18.0 Å². The Balaban J connectivity index is 2.51. The van der Waals surface area contributed by atoms with Crippen LogP contribution in [-0.4, -0.2) is 29.2 Å². The van der Waals surface area contributed by atoms with Crippen LogP contribution in [0.3, 0.4) is 0 Å². The molecule has 2 amide bonds. The second-order valence-electron chi connectivity index (χ2n) is 5.14. The first kappa shape index (κ1) is 14.8. The summed E-state index contributed by atoms with van der Waals surface area (Å²) in [4.78, 5) is 22.9. The Bertz CT molecular complexity index is 288. The van der Waals surface area contributed by atoms with E-state index in [2.05, 4.69) is 10.6 Å². The molecule has 5 heteroatoms. The van der Waals surface area contributed by atoms with E-state index in [1.807, 2.05) is 13.8 Å². The number of rotatable bonds is 5. The maximum absolute atomic E-state index is 11.7. The molecule has 0 aromatic heterocycles. The number of carbonyl (C=O) groups is 2. The smallest absolute Gasteiger partial charge is 0.326 e. The van der Waals surface area contributed by atoms with Gasteiger partial charge < -0.3 is 15.7 Å². The van der Waals surface area contributed by atoms with Crippen LogP contribution in [-0.2, 0) is 4.79 Å². The van der Waals surface area contributed by atoms with Gasteiger partial charge in [-0.05, 0) is 32.1 Å². The minimum absolute atomic E-state index is 0.0609. The fraction of sp³-hybridized carbons (Fsp3) is 0.846. The van der Waals surface area contributed by atoms with Crippen LogP contribution in [0, 0.1) is 5.92 Å². The van der Waals surface area contributed by atoms with Gasteiger partial charge in [0, 0.05) is 6.04 Å². The van der Waals surface area contributed by atoms with Crippen LogP contribution >= 0.6 is 0 Å². The summed E-state index contributed by atoms with van der Waals surface area (Å²) < 4.78 is 0. The Morgan fingerprint density at radius 3 is 2.33 bits per heavy atom. The first-order valence-electron chi connectivity index (χ1n) is 6.84. The molecule has 0 aromatic carbocycles. The molecule has 0 aliphatic heterocycles. The summed E-state index contributed by atoms with van der Waals surface area (Å²) in [6.45, 7) is 3.87. The maximum Gasteiger partial charge on any atom is 0.326 e. The molecule has 1 fully saturated rings. The largest absolute Gasteiger partial charge is 0.480 e. The minimum atomic E-state index is -0.929. The average Bonchev–Trinajstić information content (AvgIpc) is 2.36. The Hall–Kier alpha value is -1.26. The van der Waals surface area contributed by atoms with Crippen molar-refractivity contribution in [1.29, 1.82) is 0 Å². The van der Waals surface area contributed by atoms with Gasteiger partial charge in [0.2, 0.25) is 0 Å². The molecule has 0 spiro atoms. The molecule has 2 unspecified atom stereocenters. The van der Waals surface area contributed by atoms with Gasteiger partial charge in [-0.3, -0.25) is 0 Å². The molecule has 1 rings (SSSR count). The summed E-state index contributed by atoms with van der Waals surface area (Å²) >= 11 is 0. The van der Waals surface area contributed by atoms with E-state index in [0.717, 1.165) is 32.1 Å². The van der Waals surface area contributed by atoms with Crippen molar-refractivity contribution in [2.75, 3.05) is 0 Å². The lowest BCUT2D eigenvalue weighted by Crippen LogP contribution is -2.51. The third-order valence-corrected chi connectivity index (χ3v) is 3.66. The maximum atomic E-state index is 11.7. The van der Waals surface area contributed by atoms with Crippen LogP contribution in [0.4, 0.5) is 4.79 Å². The van der Waals surface area contributed by atoms with Crippen LogP contribution in [0.2, 0.25) is 0 Å². The molecule has 0 aromatic rings. The molecule has 1 saturated carbocycles. The molecule has 104 valence electrons. The van der Waals surface area contributed by atoms with Gasteiger partial charge in [0.15, 0.2) is 0 Å². The lowest BCUT2D eigenvalue weighted by Gasteiger charge is -2.28. The van der Waals surface area contributed by atoms with Gasteiger partial charge in [-0.2, -0.15) is 0 Å². The molecular formula is C13H24N2O3. The van der Waals surface area contributed by atoms with Crippen molar-refractivity contribution < 1.29 is 14.7 Å². The molecule has 1 aliphatic rings. The first-order valence-corrected chi connectivity index (χ1v) is 6.84. The molecule has 1 aliphatic carbocycles. The van der Waals surface area contributed by atoms with E-state index in [4.69, 9.17) is 0 Å². The zero-order chi connectivity index (χ0) is 13.5. The third-order valence-electron chi connectivity index (χ3n) is 3.66. The molecule has 3 N–H and O–H groups in total. The van der Waals surface area contributed by atoms with Gasteiger partial charge in [-0.25, -0.2) is 9.59 Å². The number of hydrogen-bond acceptors (Lipinski definition) is 2. The highest BCUT2D eigenvalue weighted by atomic mass is 16.4. The van der Waals surface area contributed by atoms with Crippen molar-refractivity contribution in [3.63, 3.8) is 0 Å². The number of aliphatic carboxylic acids is 1. The second kappa shape index (κ2) is 7.24. The SMILES string of the molecule is CCC(C)NC(=O)NC(C(=O)O)C1CCCCC1. The lowest BCUT2D eigenvalue weighted by molar-refractivity contribution is -0.141. The van der Waals surface area contributed by atoms with Crippen LogP contribution in [0.15, 0.2) is 0 Å². The molecular weight excluding hydrogens is 232 g/mol. The van der Waals surface area contributed by atoms with Crippen molar-refractivity contribution in [1.82, 2.24) is 10.6 Å². The van der Waals surface area contributed by atoms with Crippen molar-refractivity contribution in [2.45, 2.75) is 64.5 Å². The number of carboxylic acids is 1. The van der Waals surface area contributed by atoms with Gasteiger partial charge in [0.05, 0.1) is 0 Å². The summed E-state index contributed by atoms with van der Waals surface area (Å²) in [5, 5.41) is 14.6. The molecule has 0 heterocycles. The Labute approximate surface area is 108 Å². The van der Waals surface area contributed by atoms with E-state index in [1.54, 1.807) is 0 Å². The van der Waals surface area contributed by atoms with Crippen molar-refractivity contribution in [2.24, 2.45) is 5.92 Å². The zero-order valence-corrected chi connectivity index (χ0v) is 11.2. The van der Waals surface area contributed by atoms with Gasteiger partial charge in [-0.1, -0.05) is 26.2 Å². The molecule has 0 bridgehead atoms. The van der Waals surface area contributed by atoms with Crippen LogP contribution in [0.1, 0.15) is 52.4 Å². The van der Waals surface area contributed by atoms with Crippen LogP contribution in [0.5, 0.6) is 0 Å². The summed E-state index contributed by atoms with van der Waals surface area (Å²) in [7, 11) is 0. The van der Waals surface area contributed by atoms with E-state index in [1.165, 1.54) is 6.42 Å². The van der Waals surface area contributed by atoms with E-state index in [9.17, 15) is 14.7 Å². The fourth-order valence-corrected chi connectivity index (χ4v) is 2.36. The lowest BCUT2D eigenvalue weighted by atomic mass is 9.84. The molecule has 18 heavy (non-hydrogen) atoms. The number of amides is 2. The third kappa shape index (κ3) is 4.55. The molecule has 0 saturated heterocycles. The Morgan fingerprint density at radius 2 is 1.83 bits per heavy atom. The fourth-order valence-electron chi connectivity index (χ4n) is 2.36. The second-order valence-corrected chi connectivity index (χ2v) is 5.14.